The Balaban J connectivity index is 2.14. The van der Waals surface area contributed by atoms with Crippen LogP contribution in [0.3, 0.4) is 0 Å². The van der Waals surface area contributed by atoms with Gasteiger partial charge in [0, 0.05) is 19.3 Å². The molecular formula is C9H12IN3. The first-order valence-corrected chi connectivity index (χ1v) is 5.67. The number of halogens is 1. The van der Waals surface area contributed by atoms with E-state index in [0.29, 0.717) is 0 Å². The van der Waals surface area contributed by atoms with E-state index in [1.54, 1.807) is 0 Å². The van der Waals surface area contributed by atoms with Crippen LogP contribution in [0.25, 0.3) is 0 Å². The monoisotopic (exact) mass is 289 g/mol. The van der Waals surface area contributed by atoms with Gasteiger partial charge in [0.1, 0.15) is 3.70 Å². The van der Waals surface area contributed by atoms with Gasteiger partial charge >= 0.3 is 0 Å². The molecule has 0 amide bonds. The summed E-state index contributed by atoms with van der Waals surface area (Å²) in [5, 5.41) is 0. The maximum atomic E-state index is 4.40. The number of anilines is 1. The minimum absolute atomic E-state index is 0.895. The van der Waals surface area contributed by atoms with Crippen LogP contribution in [0.5, 0.6) is 0 Å². The molecule has 0 radical (unpaired) electrons. The molecule has 0 spiro atoms. The van der Waals surface area contributed by atoms with Crippen LogP contribution >= 0.6 is 22.6 Å². The molecule has 0 atom stereocenters. The van der Waals surface area contributed by atoms with Crippen LogP contribution in [0.2, 0.25) is 0 Å². The van der Waals surface area contributed by atoms with E-state index in [2.05, 4.69) is 37.5 Å². The van der Waals surface area contributed by atoms with Crippen molar-refractivity contribution in [1.82, 2.24) is 9.97 Å². The lowest BCUT2D eigenvalue weighted by molar-refractivity contribution is 0.568. The highest BCUT2D eigenvalue weighted by Crippen LogP contribution is 2.15. The molecule has 1 fully saturated rings. The molecule has 2 rings (SSSR count). The van der Waals surface area contributed by atoms with E-state index in [1.807, 2.05) is 12.3 Å². The lowest BCUT2D eigenvalue weighted by Gasteiger charge is -2.26. The molecule has 0 bridgehead atoms. The lowest BCUT2D eigenvalue weighted by atomic mass is 10.1. The van der Waals surface area contributed by atoms with Crippen molar-refractivity contribution in [3.63, 3.8) is 0 Å². The van der Waals surface area contributed by atoms with Gasteiger partial charge < -0.3 is 4.90 Å². The summed E-state index contributed by atoms with van der Waals surface area (Å²) in [6.45, 7) is 2.22. The van der Waals surface area contributed by atoms with Gasteiger partial charge in [-0.15, -0.1) is 0 Å². The zero-order valence-electron chi connectivity index (χ0n) is 7.41. The van der Waals surface area contributed by atoms with E-state index >= 15 is 0 Å². The van der Waals surface area contributed by atoms with Gasteiger partial charge in [0.25, 0.3) is 0 Å². The topological polar surface area (TPSA) is 29.0 Å². The Morgan fingerprint density at radius 2 is 2.00 bits per heavy atom. The summed E-state index contributed by atoms with van der Waals surface area (Å²) in [7, 11) is 0. The molecule has 0 aromatic carbocycles. The molecule has 0 N–H and O–H groups in total. The molecule has 1 aliphatic heterocycles. The molecule has 13 heavy (non-hydrogen) atoms. The number of nitrogens with zero attached hydrogens (tertiary/aromatic N) is 3. The van der Waals surface area contributed by atoms with Gasteiger partial charge in [-0.1, -0.05) is 0 Å². The van der Waals surface area contributed by atoms with Gasteiger partial charge in [-0.2, -0.15) is 0 Å². The molecule has 0 aliphatic carbocycles. The van der Waals surface area contributed by atoms with Crippen molar-refractivity contribution in [2.24, 2.45) is 0 Å². The zero-order valence-corrected chi connectivity index (χ0v) is 9.57. The van der Waals surface area contributed by atoms with Crippen LogP contribution in [0.1, 0.15) is 19.3 Å². The minimum Gasteiger partial charge on any atom is -0.341 e. The third-order valence-corrected chi connectivity index (χ3v) is 2.85. The summed E-state index contributed by atoms with van der Waals surface area (Å²) in [6.07, 6.45) is 5.73. The summed E-state index contributed by atoms with van der Waals surface area (Å²) in [4.78, 5) is 10.9. The predicted molar refractivity (Wildman–Crippen MR) is 60.8 cm³/mol. The molecule has 70 valence electrons. The smallest absolute Gasteiger partial charge is 0.226 e. The molecule has 1 aromatic rings. The predicted octanol–water partition coefficient (Wildman–Crippen LogP) is 2.07. The molecule has 0 saturated carbocycles. The Morgan fingerprint density at radius 3 is 2.69 bits per heavy atom. The van der Waals surface area contributed by atoms with Crippen LogP contribution in [0.4, 0.5) is 5.95 Å². The van der Waals surface area contributed by atoms with Crippen molar-refractivity contribution in [3.8, 4) is 0 Å². The maximum absolute atomic E-state index is 4.40. The van der Waals surface area contributed by atoms with Crippen molar-refractivity contribution >= 4 is 28.5 Å². The summed E-state index contributed by atoms with van der Waals surface area (Å²) < 4.78 is 1.02. The van der Waals surface area contributed by atoms with Crippen LogP contribution < -0.4 is 4.90 Å². The first kappa shape index (κ1) is 9.18. The number of piperidine rings is 1. The third-order valence-electron chi connectivity index (χ3n) is 2.25. The van der Waals surface area contributed by atoms with E-state index in [1.165, 1.54) is 19.3 Å². The maximum Gasteiger partial charge on any atom is 0.226 e. The number of rotatable bonds is 1. The Hall–Kier alpha value is -0.390. The molecule has 1 aliphatic rings. The molecule has 2 heterocycles. The molecule has 4 heteroatoms. The van der Waals surface area contributed by atoms with Gasteiger partial charge in [0.15, 0.2) is 0 Å². The van der Waals surface area contributed by atoms with Crippen molar-refractivity contribution in [2.45, 2.75) is 19.3 Å². The van der Waals surface area contributed by atoms with Gasteiger partial charge in [0.2, 0.25) is 5.95 Å². The highest BCUT2D eigenvalue weighted by atomic mass is 127. The lowest BCUT2D eigenvalue weighted by Crippen LogP contribution is -2.31. The fourth-order valence-electron chi connectivity index (χ4n) is 1.57. The highest BCUT2D eigenvalue weighted by molar-refractivity contribution is 14.1. The van der Waals surface area contributed by atoms with E-state index < -0.39 is 0 Å². The summed E-state index contributed by atoms with van der Waals surface area (Å²) >= 11 is 2.22. The van der Waals surface area contributed by atoms with Crippen LogP contribution in [-0.2, 0) is 0 Å². The number of hydrogen-bond acceptors (Lipinski definition) is 3. The van der Waals surface area contributed by atoms with Gasteiger partial charge in [-0.05, 0) is 47.9 Å². The Kier molecular flexibility index (Phi) is 2.97. The summed E-state index contributed by atoms with van der Waals surface area (Å²) in [6, 6.07) is 1.92. The summed E-state index contributed by atoms with van der Waals surface area (Å²) in [5.41, 5.74) is 0. The van der Waals surface area contributed by atoms with Crippen molar-refractivity contribution in [3.05, 3.63) is 16.0 Å². The average Bonchev–Trinajstić information content (AvgIpc) is 2.19. The third kappa shape index (κ3) is 2.30. The second-order valence-corrected chi connectivity index (χ2v) is 4.33. The van der Waals surface area contributed by atoms with E-state index in [9.17, 15) is 0 Å². The van der Waals surface area contributed by atoms with Crippen molar-refractivity contribution in [1.29, 1.82) is 0 Å². The fourth-order valence-corrected chi connectivity index (χ4v) is 1.95. The minimum atomic E-state index is 0.895. The second-order valence-electron chi connectivity index (χ2n) is 3.23. The van der Waals surface area contributed by atoms with Crippen molar-refractivity contribution < 1.29 is 0 Å². The SMILES string of the molecule is Ic1ccnc(N2CCCCC2)n1. The van der Waals surface area contributed by atoms with E-state index in [-0.39, 0.29) is 0 Å². The zero-order chi connectivity index (χ0) is 9.10. The average molecular weight is 289 g/mol. The first-order chi connectivity index (χ1) is 6.36. The van der Waals surface area contributed by atoms with E-state index in [0.717, 1.165) is 22.7 Å². The van der Waals surface area contributed by atoms with E-state index in [4.69, 9.17) is 0 Å². The van der Waals surface area contributed by atoms with Crippen LogP contribution in [0.15, 0.2) is 12.3 Å². The Labute approximate surface area is 91.7 Å². The van der Waals surface area contributed by atoms with Gasteiger partial charge in [0.05, 0.1) is 0 Å². The quantitative estimate of drug-likeness (QED) is 0.585. The first-order valence-electron chi connectivity index (χ1n) is 4.60. The Bertz CT molecular complexity index is 284. The van der Waals surface area contributed by atoms with Gasteiger partial charge in [-0.3, -0.25) is 0 Å². The second kappa shape index (κ2) is 4.21. The normalized spacial score (nSPS) is 17.5. The van der Waals surface area contributed by atoms with Crippen LogP contribution in [-0.4, -0.2) is 23.1 Å². The molecular weight excluding hydrogens is 277 g/mol. The van der Waals surface area contributed by atoms with Crippen molar-refractivity contribution in [2.75, 3.05) is 18.0 Å². The molecule has 3 nitrogen and oxygen atoms in total. The number of aromatic nitrogens is 2. The largest absolute Gasteiger partial charge is 0.341 e. The summed E-state index contributed by atoms with van der Waals surface area (Å²) in [5.74, 6) is 0.895. The standard InChI is InChI=1S/C9H12IN3/c10-8-4-5-11-9(12-8)13-6-2-1-3-7-13/h4-5H,1-3,6-7H2. The fraction of sp³-hybridized carbons (Fsp3) is 0.556. The molecule has 0 unspecified atom stereocenters. The molecule has 1 saturated heterocycles. The van der Waals surface area contributed by atoms with Gasteiger partial charge in [-0.25, -0.2) is 9.97 Å². The highest BCUT2D eigenvalue weighted by Gasteiger charge is 2.12. The Morgan fingerprint density at radius 1 is 1.23 bits per heavy atom. The van der Waals surface area contributed by atoms with Crippen LogP contribution in [0, 0.1) is 3.70 Å². The number of hydrogen-bond donors (Lipinski definition) is 0. The molecule has 1 aromatic heterocycles.